The molecule has 0 unspecified atom stereocenters. The van der Waals surface area contributed by atoms with Crippen LogP contribution in [-0.4, -0.2) is 32.7 Å². The lowest BCUT2D eigenvalue weighted by molar-refractivity contribution is 0.556. The van der Waals surface area contributed by atoms with Gasteiger partial charge in [0, 0.05) is 37.4 Å². The summed E-state index contributed by atoms with van der Waals surface area (Å²) in [6.07, 6.45) is 17.0. The van der Waals surface area contributed by atoms with Gasteiger partial charge < -0.3 is 21.7 Å². The second-order valence-electron chi connectivity index (χ2n) is 7.49. The van der Waals surface area contributed by atoms with Crippen LogP contribution in [-0.2, 0) is 0 Å². The third-order valence-corrected chi connectivity index (χ3v) is 3.98. The van der Waals surface area contributed by atoms with E-state index in [1.54, 1.807) is 0 Å². The van der Waals surface area contributed by atoms with Crippen LogP contribution >= 0.6 is 0 Å². The average Bonchev–Trinajstić information content (AvgIpc) is 2.64. The minimum Gasteiger partial charge on any atom is -0.388 e. The molecule has 0 atom stereocenters. The first kappa shape index (κ1) is 26.2. The highest BCUT2D eigenvalue weighted by Crippen LogP contribution is 2.05. The molecule has 4 nitrogen and oxygen atoms in total. The summed E-state index contributed by atoms with van der Waals surface area (Å²) in [4.78, 5) is 0. The molecule has 0 aliphatic heterocycles. The Morgan fingerprint density at radius 3 is 2.39 bits per heavy atom. The van der Waals surface area contributed by atoms with Crippen LogP contribution in [0.15, 0.2) is 60.0 Å². The third kappa shape index (κ3) is 17.6. The van der Waals surface area contributed by atoms with Crippen LogP contribution in [0.1, 0.15) is 53.4 Å². The van der Waals surface area contributed by atoms with Gasteiger partial charge in [-0.1, -0.05) is 63.3 Å². The summed E-state index contributed by atoms with van der Waals surface area (Å²) in [5, 5.41) is 10.3. The van der Waals surface area contributed by atoms with Crippen LogP contribution in [0.25, 0.3) is 0 Å². The van der Waals surface area contributed by atoms with E-state index in [0.717, 1.165) is 57.6 Å². The number of nitrogens with two attached hydrogens (primary N) is 1. The van der Waals surface area contributed by atoms with Gasteiger partial charge in [-0.15, -0.1) is 0 Å². The van der Waals surface area contributed by atoms with E-state index in [1.807, 2.05) is 6.08 Å². The van der Waals surface area contributed by atoms with E-state index in [9.17, 15) is 0 Å². The number of nitrogens with one attached hydrogen (secondary N) is 3. The van der Waals surface area contributed by atoms with Crippen molar-refractivity contribution in [1.29, 1.82) is 0 Å². The molecule has 0 amide bonds. The highest BCUT2D eigenvalue weighted by Gasteiger charge is 1.96. The molecule has 0 aliphatic carbocycles. The van der Waals surface area contributed by atoms with E-state index in [0.29, 0.717) is 12.5 Å². The monoisotopic (exact) mass is 388 g/mol. The highest BCUT2D eigenvalue weighted by atomic mass is 14.9. The minimum atomic E-state index is 0.580. The van der Waals surface area contributed by atoms with Gasteiger partial charge in [-0.25, -0.2) is 0 Å². The number of hydrogen-bond donors (Lipinski definition) is 4. The third-order valence-electron chi connectivity index (χ3n) is 3.98. The van der Waals surface area contributed by atoms with Crippen LogP contribution in [0.5, 0.6) is 0 Å². The maximum absolute atomic E-state index is 5.54. The zero-order valence-electron chi connectivity index (χ0n) is 18.7. The predicted octanol–water partition coefficient (Wildman–Crippen LogP) is 4.41. The van der Waals surface area contributed by atoms with Gasteiger partial charge in [-0.3, -0.25) is 0 Å². The summed E-state index contributed by atoms with van der Waals surface area (Å²) in [6, 6.07) is 0. The average molecular weight is 389 g/mol. The van der Waals surface area contributed by atoms with Gasteiger partial charge in [0.2, 0.25) is 0 Å². The Morgan fingerprint density at radius 1 is 1.04 bits per heavy atom. The van der Waals surface area contributed by atoms with Crippen molar-refractivity contribution < 1.29 is 0 Å². The quantitative estimate of drug-likeness (QED) is 0.169. The maximum Gasteiger partial charge on any atom is 0.0284 e. The molecule has 0 radical (unpaired) electrons. The molecule has 0 saturated heterocycles. The Hall–Kier alpha value is -1.78. The van der Waals surface area contributed by atoms with Crippen LogP contribution in [0, 0.1) is 5.92 Å². The van der Waals surface area contributed by atoms with Crippen LogP contribution < -0.4 is 21.7 Å². The van der Waals surface area contributed by atoms with Gasteiger partial charge in [-0.05, 0) is 51.3 Å². The van der Waals surface area contributed by atoms with Crippen molar-refractivity contribution in [3.63, 3.8) is 0 Å². The number of rotatable bonds is 17. The van der Waals surface area contributed by atoms with Gasteiger partial charge in [-0.2, -0.15) is 0 Å². The Labute approximate surface area is 174 Å². The van der Waals surface area contributed by atoms with E-state index in [-0.39, 0.29) is 0 Å². The Balaban J connectivity index is 4.22. The molecule has 0 fully saturated rings. The van der Waals surface area contributed by atoms with Gasteiger partial charge >= 0.3 is 0 Å². The molecule has 4 heteroatoms. The van der Waals surface area contributed by atoms with Crippen molar-refractivity contribution >= 4 is 0 Å². The fourth-order valence-electron chi connectivity index (χ4n) is 2.48. The van der Waals surface area contributed by atoms with Gasteiger partial charge in [0.05, 0.1) is 0 Å². The molecule has 0 heterocycles. The van der Waals surface area contributed by atoms with Crippen molar-refractivity contribution in [3.05, 3.63) is 60.0 Å². The van der Waals surface area contributed by atoms with E-state index >= 15 is 0 Å². The summed E-state index contributed by atoms with van der Waals surface area (Å²) in [5.41, 5.74) is 8.87. The fourth-order valence-corrected chi connectivity index (χ4v) is 2.48. The van der Waals surface area contributed by atoms with Gasteiger partial charge in [0.15, 0.2) is 0 Å². The first-order valence-corrected chi connectivity index (χ1v) is 10.8. The Kier molecular flexibility index (Phi) is 17.4. The van der Waals surface area contributed by atoms with Crippen LogP contribution in [0.2, 0.25) is 0 Å². The largest absolute Gasteiger partial charge is 0.388 e. The van der Waals surface area contributed by atoms with E-state index in [4.69, 9.17) is 5.73 Å². The second kappa shape index (κ2) is 18.6. The molecule has 0 aromatic rings. The summed E-state index contributed by atoms with van der Waals surface area (Å²) in [7, 11) is 0. The normalized spacial score (nSPS) is 13.1. The molecule has 0 aromatic heterocycles. The van der Waals surface area contributed by atoms with Gasteiger partial charge in [0.1, 0.15) is 0 Å². The smallest absolute Gasteiger partial charge is 0.0284 e. The van der Waals surface area contributed by atoms with E-state index in [1.165, 1.54) is 11.3 Å². The number of allylic oxidation sites excluding steroid dienone is 4. The zero-order chi connectivity index (χ0) is 21.0. The molecular weight excluding hydrogens is 344 g/mol. The first-order chi connectivity index (χ1) is 13.5. The highest BCUT2D eigenvalue weighted by molar-refractivity contribution is 5.23. The first-order valence-electron chi connectivity index (χ1n) is 10.8. The molecule has 0 spiro atoms. The lowest BCUT2D eigenvalue weighted by atomic mass is 10.2. The van der Waals surface area contributed by atoms with E-state index in [2.05, 4.69) is 80.6 Å². The summed E-state index contributed by atoms with van der Waals surface area (Å²) in [5.74, 6) is 0.714. The summed E-state index contributed by atoms with van der Waals surface area (Å²) < 4.78 is 0. The molecule has 0 aliphatic rings. The fraction of sp³-hybridized carbons (Fsp3) is 0.583. The van der Waals surface area contributed by atoms with Crippen molar-refractivity contribution in [2.45, 2.75) is 53.4 Å². The SMILES string of the molecule is C=C(/C=C(/C/C=C\C(C)=C/CN)NCCC)NCC/C=C\CCNCC(C)C. The van der Waals surface area contributed by atoms with Crippen LogP contribution in [0.3, 0.4) is 0 Å². The van der Waals surface area contributed by atoms with E-state index < -0.39 is 0 Å². The Bertz CT molecular complexity index is 513. The van der Waals surface area contributed by atoms with Crippen molar-refractivity contribution in [2.24, 2.45) is 11.7 Å². The van der Waals surface area contributed by atoms with Crippen molar-refractivity contribution in [2.75, 3.05) is 32.7 Å². The topological polar surface area (TPSA) is 62.1 Å². The molecule has 0 rings (SSSR count). The minimum absolute atomic E-state index is 0.580. The van der Waals surface area contributed by atoms with Crippen LogP contribution in [0.4, 0.5) is 0 Å². The number of hydrogen-bond acceptors (Lipinski definition) is 4. The molecule has 160 valence electrons. The molecule has 28 heavy (non-hydrogen) atoms. The molecule has 0 bridgehead atoms. The lowest BCUT2D eigenvalue weighted by Gasteiger charge is -2.11. The van der Waals surface area contributed by atoms with Gasteiger partial charge in [0.25, 0.3) is 0 Å². The standard InChI is InChI=1S/C24H44N4/c1-6-16-28-24(13-11-12-22(4)14-15-25)19-23(5)27-18-10-8-7-9-17-26-20-21(2)3/h7-8,11-12,14,19,21,26-28H,5-6,9-10,13,15-18,20,25H2,1-4H3/b8-7-,12-11-,22-14-,24-19-. The Morgan fingerprint density at radius 2 is 1.75 bits per heavy atom. The predicted molar refractivity (Wildman–Crippen MR) is 126 cm³/mol. The maximum atomic E-state index is 5.54. The molecule has 0 saturated carbocycles. The zero-order valence-corrected chi connectivity index (χ0v) is 18.7. The summed E-state index contributed by atoms with van der Waals surface area (Å²) in [6.45, 7) is 17.4. The summed E-state index contributed by atoms with van der Waals surface area (Å²) >= 11 is 0. The van der Waals surface area contributed by atoms with Crippen molar-refractivity contribution in [3.8, 4) is 0 Å². The molecular formula is C24H44N4. The second-order valence-corrected chi connectivity index (χ2v) is 7.49. The molecule has 5 N–H and O–H groups in total. The van der Waals surface area contributed by atoms with Crippen molar-refractivity contribution in [1.82, 2.24) is 16.0 Å². The lowest BCUT2D eigenvalue weighted by Crippen LogP contribution is -2.20. The molecule has 0 aromatic carbocycles.